The molecule has 0 amide bonds. The van der Waals surface area contributed by atoms with E-state index in [0.29, 0.717) is 0 Å². The van der Waals surface area contributed by atoms with Gasteiger partial charge in [-0.2, -0.15) is 4.58 Å². The van der Waals surface area contributed by atoms with Gasteiger partial charge in [0, 0.05) is 99.0 Å². The third kappa shape index (κ3) is 12.7. The van der Waals surface area contributed by atoms with Crippen molar-refractivity contribution in [2.24, 2.45) is 20.4 Å². The SMILES string of the molecule is CCN(CC)c1ccc(/C=C/C2=[N+](C)c3ccc(F)cc3C2(C)C)c(OC)c1.O=C1C=CC(=NN=c2[n-]cc([N+](=O)[O-])s2)C(O)=C1.O=C1C=CC(=NN=c2[n-]cc([N+](=O)[O-])s2)C(O)=C1.[Co]. The maximum atomic E-state index is 13.8. The molecule has 2 aromatic carbocycles. The zero-order valence-corrected chi connectivity index (χ0v) is 38.1. The zero-order chi connectivity index (χ0) is 46.7. The number of carbonyl (C=O) groups is 2. The number of allylic oxidation sites excluding steroid dienone is 7. The molecule has 3 aliphatic rings. The average molecular weight is 971 g/mol. The molecule has 0 spiro atoms. The number of anilines is 1. The molecule has 2 aromatic heterocycles. The van der Waals surface area contributed by atoms with E-state index in [4.69, 9.17) is 4.74 Å². The smallest absolute Gasteiger partial charge is 0.319 e. The predicted octanol–water partition coefficient (Wildman–Crippen LogP) is 6.30. The topological polar surface area (TPSA) is 254 Å². The minimum atomic E-state index is -0.583. The van der Waals surface area contributed by atoms with Gasteiger partial charge in [-0.1, -0.05) is 22.7 Å². The Morgan fingerprint density at radius 2 is 1.35 bits per heavy atom. The quantitative estimate of drug-likeness (QED) is 0.0769. The summed E-state index contributed by atoms with van der Waals surface area (Å²) in [4.78, 5) is 51.2. The fourth-order valence-corrected chi connectivity index (χ4v) is 7.35. The van der Waals surface area contributed by atoms with Crippen LogP contribution in [0, 0.1) is 26.0 Å². The van der Waals surface area contributed by atoms with E-state index in [2.05, 4.69) is 97.9 Å². The Hall–Kier alpha value is -7.21. The summed E-state index contributed by atoms with van der Waals surface area (Å²) in [6, 6.07) is 11.3. The van der Waals surface area contributed by atoms with Crippen LogP contribution in [-0.2, 0) is 31.8 Å². The second kappa shape index (κ2) is 22.4. The summed E-state index contributed by atoms with van der Waals surface area (Å²) in [5, 5.41) is 53.9. The van der Waals surface area contributed by atoms with Crippen molar-refractivity contribution < 1.29 is 60.1 Å². The van der Waals surface area contributed by atoms with Gasteiger partial charge in [-0.25, -0.2) is 4.39 Å². The van der Waals surface area contributed by atoms with E-state index in [9.17, 15) is 44.4 Å². The molecule has 4 aromatic rings. The number of rotatable bonds is 10. The summed E-state index contributed by atoms with van der Waals surface area (Å²) in [5.41, 5.74) is 5.29. The molecule has 7 rings (SSSR count). The summed E-state index contributed by atoms with van der Waals surface area (Å²) in [6.45, 7) is 10.5. The van der Waals surface area contributed by atoms with Crippen molar-refractivity contribution in [2.75, 3.05) is 32.1 Å². The van der Waals surface area contributed by atoms with E-state index in [-0.39, 0.29) is 82.1 Å². The number of carbonyl (C=O) groups excluding carboxylic acids is 2. The van der Waals surface area contributed by atoms with Gasteiger partial charge in [0.25, 0.3) is 0 Å². The minimum absolute atomic E-state index is 0. The molecule has 0 bridgehead atoms. The maximum absolute atomic E-state index is 13.8. The number of hydrogen-bond acceptors (Lipinski definition) is 16. The normalized spacial score (nSPS) is 16.7. The molecular formula is C42H40CoFN10O9S2-. The third-order valence-electron chi connectivity index (χ3n) is 9.46. The summed E-state index contributed by atoms with van der Waals surface area (Å²) in [6.07, 6.45) is 13.4. The fraction of sp³-hybridized carbons (Fsp3) is 0.214. The largest absolute Gasteiger partial charge is 0.506 e. The van der Waals surface area contributed by atoms with Gasteiger partial charge in [0.2, 0.25) is 5.69 Å². The molecule has 0 atom stereocenters. The molecule has 23 heteroatoms. The Bertz CT molecular complexity index is 2780. The monoisotopic (exact) mass is 970 g/mol. The first-order valence-electron chi connectivity index (χ1n) is 19.0. The Morgan fingerprint density at radius 3 is 1.80 bits per heavy atom. The molecule has 0 unspecified atom stereocenters. The van der Waals surface area contributed by atoms with Crippen LogP contribution in [0.5, 0.6) is 5.75 Å². The molecule has 341 valence electrons. The van der Waals surface area contributed by atoms with Crippen LogP contribution >= 0.6 is 22.7 Å². The van der Waals surface area contributed by atoms with E-state index in [1.165, 1.54) is 30.4 Å². The van der Waals surface area contributed by atoms with Crippen LogP contribution < -0.4 is 29.2 Å². The molecule has 0 saturated heterocycles. The van der Waals surface area contributed by atoms with E-state index >= 15 is 0 Å². The van der Waals surface area contributed by atoms with Crippen LogP contribution in [0.15, 0.2) is 123 Å². The number of aromatic nitrogens is 2. The van der Waals surface area contributed by atoms with Crippen LogP contribution in [-0.4, -0.2) is 80.6 Å². The van der Waals surface area contributed by atoms with Crippen molar-refractivity contribution in [3.8, 4) is 5.75 Å². The van der Waals surface area contributed by atoms with E-state index < -0.39 is 9.85 Å². The Kier molecular flexibility index (Phi) is 17.4. The second-order valence-electron chi connectivity index (χ2n) is 13.8. The van der Waals surface area contributed by atoms with Gasteiger partial charge in [0.1, 0.15) is 41.6 Å². The number of aliphatic hydroxyl groups is 2. The van der Waals surface area contributed by atoms with Crippen LogP contribution in [0.4, 0.5) is 25.8 Å². The van der Waals surface area contributed by atoms with Gasteiger partial charge >= 0.3 is 10.0 Å². The number of ether oxygens (including phenoxy) is 1. The Balaban J connectivity index is 0.000000220. The number of methoxy groups -OCH3 is 1. The van der Waals surface area contributed by atoms with Crippen LogP contribution in [0.3, 0.4) is 0 Å². The predicted molar refractivity (Wildman–Crippen MR) is 240 cm³/mol. The van der Waals surface area contributed by atoms with Gasteiger partial charge in [0.05, 0.1) is 22.4 Å². The molecule has 0 saturated carbocycles. The van der Waals surface area contributed by atoms with E-state index in [0.717, 1.165) is 94.3 Å². The summed E-state index contributed by atoms with van der Waals surface area (Å²) in [7, 11) is 3.74. The Labute approximate surface area is 388 Å². The van der Waals surface area contributed by atoms with Crippen molar-refractivity contribution in [2.45, 2.75) is 33.1 Å². The van der Waals surface area contributed by atoms with Crippen LogP contribution in [0.2, 0.25) is 0 Å². The first-order chi connectivity index (χ1) is 30.4. The molecule has 2 aliphatic carbocycles. The number of fused-ring (bicyclic) bond motifs is 1. The van der Waals surface area contributed by atoms with Crippen molar-refractivity contribution in [3.05, 3.63) is 150 Å². The van der Waals surface area contributed by atoms with E-state index in [1.54, 1.807) is 13.2 Å². The summed E-state index contributed by atoms with van der Waals surface area (Å²) >= 11 is 1.51. The van der Waals surface area contributed by atoms with Crippen LogP contribution in [0.25, 0.3) is 6.08 Å². The van der Waals surface area contributed by atoms with Crippen molar-refractivity contribution in [1.82, 2.24) is 9.97 Å². The van der Waals surface area contributed by atoms with Crippen molar-refractivity contribution in [1.29, 1.82) is 0 Å². The minimum Gasteiger partial charge on any atom is -0.506 e. The molecule has 2 N–H and O–H groups in total. The Morgan fingerprint density at radius 1 is 0.831 bits per heavy atom. The van der Waals surface area contributed by atoms with Crippen molar-refractivity contribution >= 4 is 78.8 Å². The van der Waals surface area contributed by atoms with E-state index in [1.807, 2.05) is 13.1 Å². The van der Waals surface area contributed by atoms with Gasteiger partial charge in [0.15, 0.2) is 17.3 Å². The van der Waals surface area contributed by atoms with Gasteiger partial charge in [-0.3, -0.25) is 40.0 Å². The number of nitrogens with zero attached hydrogens (tertiary/aromatic N) is 10. The van der Waals surface area contributed by atoms with Gasteiger partial charge in [-0.05, 0) is 82.3 Å². The number of aliphatic hydroxyl groups excluding tert-OH is 2. The fourth-order valence-electron chi connectivity index (χ4n) is 6.24. The van der Waals surface area contributed by atoms with Crippen molar-refractivity contribution in [3.63, 3.8) is 0 Å². The molecule has 0 fully saturated rings. The zero-order valence-electron chi connectivity index (χ0n) is 35.4. The summed E-state index contributed by atoms with van der Waals surface area (Å²) in [5.74, 6) is -0.662. The number of hydrogen-bond donors (Lipinski definition) is 2. The van der Waals surface area contributed by atoms with Gasteiger partial charge < -0.3 is 40.0 Å². The average Bonchev–Trinajstić information content (AvgIpc) is 3.99. The van der Waals surface area contributed by atoms with Gasteiger partial charge in [-0.15, -0.1) is 0 Å². The number of ketones is 2. The molecule has 1 aliphatic heterocycles. The number of benzene rings is 2. The van der Waals surface area contributed by atoms with Crippen LogP contribution in [0.1, 0.15) is 38.8 Å². The number of halogens is 1. The summed E-state index contributed by atoms with van der Waals surface area (Å²) < 4.78 is 21.6. The standard InChI is InChI=1S/C24H30FN2O.2C9H6N4O4S.Co/c1-7-27(8-2)19-12-9-17(22(16-19)28-6)10-14-23-24(3,4)20-15-18(25)11-13-21(20)26(23)5;2*14-5-1-2-6(7(15)3-5)11-12-9-10-4-8(18-9)13(16)17;/h9-16H,7-8H2,1-6H3;2*1-4H,(H2,10,12,14,15);/q+1;;;/p-2. The number of thiazole rings is 2. The maximum Gasteiger partial charge on any atom is 0.319 e. The first-order valence-corrected chi connectivity index (χ1v) is 20.6. The third-order valence-corrected chi connectivity index (χ3v) is 11.1. The molecular weight excluding hydrogens is 931 g/mol. The first kappa shape index (κ1) is 50.4. The molecule has 3 heterocycles. The molecule has 19 nitrogen and oxygen atoms in total. The second-order valence-corrected chi connectivity index (χ2v) is 15.8. The molecule has 1 radical (unpaired) electrons. The molecule has 65 heavy (non-hydrogen) atoms. The number of nitro groups is 2.